The smallest absolute Gasteiger partial charge is 0.255 e. The molecule has 0 saturated heterocycles. The largest absolute Gasteiger partial charge is 0.361 e. The highest BCUT2D eigenvalue weighted by atomic mass is 16.5. The van der Waals surface area contributed by atoms with Crippen LogP contribution < -0.4 is 5.32 Å². The van der Waals surface area contributed by atoms with Gasteiger partial charge in [-0.3, -0.25) is 9.89 Å². The molecule has 0 aliphatic heterocycles. The van der Waals surface area contributed by atoms with Gasteiger partial charge >= 0.3 is 0 Å². The lowest BCUT2D eigenvalue weighted by molar-refractivity contribution is 0.0951. The van der Waals surface area contributed by atoms with E-state index in [1.807, 2.05) is 44.2 Å². The van der Waals surface area contributed by atoms with Crippen LogP contribution in [0, 0.1) is 13.8 Å². The molecule has 3 rings (SSSR count). The SMILES string of the molecule is Cc1noc(C)c1CNC(=O)c1cn[nH]c1-c1ccccc1. The first-order valence-electron chi connectivity index (χ1n) is 6.95. The highest BCUT2D eigenvalue weighted by Gasteiger charge is 2.16. The number of hydrogen-bond donors (Lipinski definition) is 2. The Morgan fingerprint density at radius 1 is 1.27 bits per heavy atom. The number of aromatic amines is 1. The van der Waals surface area contributed by atoms with E-state index in [1.54, 1.807) is 0 Å². The fraction of sp³-hybridized carbons (Fsp3) is 0.188. The quantitative estimate of drug-likeness (QED) is 0.775. The van der Waals surface area contributed by atoms with Gasteiger partial charge in [-0.15, -0.1) is 0 Å². The van der Waals surface area contributed by atoms with Gasteiger partial charge in [0.25, 0.3) is 5.91 Å². The number of nitrogens with one attached hydrogen (secondary N) is 2. The van der Waals surface area contributed by atoms with Crippen molar-refractivity contribution < 1.29 is 9.32 Å². The molecule has 0 aliphatic rings. The van der Waals surface area contributed by atoms with Gasteiger partial charge in [-0.2, -0.15) is 5.10 Å². The molecule has 2 heterocycles. The van der Waals surface area contributed by atoms with Crippen LogP contribution in [0.15, 0.2) is 41.1 Å². The predicted octanol–water partition coefficient (Wildman–Crippen LogP) is 2.61. The number of carbonyl (C=O) groups is 1. The number of rotatable bonds is 4. The first-order chi connectivity index (χ1) is 10.7. The van der Waals surface area contributed by atoms with Crippen molar-refractivity contribution >= 4 is 5.91 Å². The summed E-state index contributed by atoms with van der Waals surface area (Å²) in [5.41, 5.74) is 3.82. The summed E-state index contributed by atoms with van der Waals surface area (Å²) in [5, 5.41) is 13.6. The van der Waals surface area contributed by atoms with Gasteiger partial charge < -0.3 is 9.84 Å². The summed E-state index contributed by atoms with van der Waals surface area (Å²) in [7, 11) is 0. The highest BCUT2D eigenvalue weighted by molar-refractivity contribution is 5.99. The molecule has 6 nitrogen and oxygen atoms in total. The Balaban J connectivity index is 1.78. The summed E-state index contributed by atoms with van der Waals surface area (Å²) in [6.07, 6.45) is 1.53. The Bertz CT molecular complexity index is 770. The molecule has 0 saturated carbocycles. The second-order valence-corrected chi connectivity index (χ2v) is 5.01. The average molecular weight is 296 g/mol. The highest BCUT2D eigenvalue weighted by Crippen LogP contribution is 2.20. The Hall–Kier alpha value is -2.89. The summed E-state index contributed by atoms with van der Waals surface area (Å²) < 4.78 is 5.09. The third kappa shape index (κ3) is 2.63. The maximum atomic E-state index is 12.4. The van der Waals surface area contributed by atoms with Crippen molar-refractivity contribution in [3.63, 3.8) is 0 Å². The molecule has 0 fully saturated rings. The van der Waals surface area contributed by atoms with Crippen molar-refractivity contribution in [2.75, 3.05) is 0 Å². The molecule has 1 amide bonds. The summed E-state index contributed by atoms with van der Waals surface area (Å²) in [4.78, 5) is 12.4. The number of aryl methyl sites for hydroxylation is 2. The van der Waals surface area contributed by atoms with Gasteiger partial charge in [0.15, 0.2) is 0 Å². The summed E-state index contributed by atoms with van der Waals surface area (Å²) in [6.45, 7) is 4.05. The van der Waals surface area contributed by atoms with Gasteiger partial charge in [-0.25, -0.2) is 0 Å². The molecule has 3 aromatic rings. The van der Waals surface area contributed by atoms with Crippen LogP contribution in [-0.2, 0) is 6.54 Å². The maximum absolute atomic E-state index is 12.4. The average Bonchev–Trinajstić information content (AvgIpc) is 3.14. The molecule has 0 aliphatic carbocycles. The van der Waals surface area contributed by atoms with Crippen LogP contribution in [0.3, 0.4) is 0 Å². The van der Waals surface area contributed by atoms with Crippen LogP contribution in [0.2, 0.25) is 0 Å². The molecule has 22 heavy (non-hydrogen) atoms. The molecular weight excluding hydrogens is 280 g/mol. The van der Waals surface area contributed by atoms with Crippen LogP contribution in [0.4, 0.5) is 0 Å². The molecule has 2 N–H and O–H groups in total. The molecular formula is C16H16N4O2. The molecule has 0 atom stereocenters. The zero-order chi connectivity index (χ0) is 15.5. The van der Waals surface area contributed by atoms with Gasteiger partial charge in [0, 0.05) is 17.7 Å². The van der Waals surface area contributed by atoms with E-state index in [2.05, 4.69) is 20.7 Å². The monoisotopic (exact) mass is 296 g/mol. The van der Waals surface area contributed by atoms with Crippen LogP contribution in [0.5, 0.6) is 0 Å². The van der Waals surface area contributed by atoms with Crippen molar-refractivity contribution in [2.24, 2.45) is 0 Å². The van der Waals surface area contributed by atoms with Crippen molar-refractivity contribution in [2.45, 2.75) is 20.4 Å². The summed E-state index contributed by atoms with van der Waals surface area (Å²) in [5.74, 6) is 0.529. The van der Waals surface area contributed by atoms with Crippen molar-refractivity contribution in [3.05, 3.63) is 59.1 Å². The second-order valence-electron chi connectivity index (χ2n) is 5.01. The molecule has 0 unspecified atom stereocenters. The Morgan fingerprint density at radius 3 is 2.73 bits per heavy atom. The molecule has 0 radical (unpaired) electrons. The Morgan fingerprint density at radius 2 is 2.05 bits per heavy atom. The topological polar surface area (TPSA) is 83.8 Å². The van der Waals surface area contributed by atoms with Crippen molar-refractivity contribution in [1.29, 1.82) is 0 Å². The molecule has 112 valence electrons. The first-order valence-corrected chi connectivity index (χ1v) is 6.95. The number of carbonyl (C=O) groups excluding carboxylic acids is 1. The lowest BCUT2D eigenvalue weighted by atomic mass is 10.1. The van der Waals surface area contributed by atoms with E-state index in [0.29, 0.717) is 23.6 Å². The van der Waals surface area contributed by atoms with E-state index in [4.69, 9.17) is 4.52 Å². The predicted molar refractivity (Wildman–Crippen MR) is 81.2 cm³/mol. The number of H-pyrrole nitrogens is 1. The number of aromatic nitrogens is 3. The minimum Gasteiger partial charge on any atom is -0.361 e. The fourth-order valence-corrected chi connectivity index (χ4v) is 2.30. The van der Waals surface area contributed by atoms with Gasteiger partial charge in [0.05, 0.1) is 23.1 Å². The van der Waals surface area contributed by atoms with E-state index in [0.717, 1.165) is 16.8 Å². The standard InChI is InChI=1S/C16H16N4O2/c1-10-13(11(2)22-20-10)8-17-16(21)14-9-18-19-15(14)12-6-4-3-5-7-12/h3-7,9H,8H2,1-2H3,(H,17,21)(H,18,19). The van der Waals surface area contributed by atoms with E-state index in [-0.39, 0.29) is 5.91 Å². The van der Waals surface area contributed by atoms with Gasteiger partial charge in [-0.05, 0) is 13.8 Å². The van der Waals surface area contributed by atoms with E-state index < -0.39 is 0 Å². The lowest BCUT2D eigenvalue weighted by Gasteiger charge is -2.05. The van der Waals surface area contributed by atoms with Crippen molar-refractivity contribution in [1.82, 2.24) is 20.7 Å². The number of hydrogen-bond acceptors (Lipinski definition) is 4. The molecule has 0 bridgehead atoms. The number of amides is 1. The summed E-state index contributed by atoms with van der Waals surface area (Å²) >= 11 is 0. The van der Waals surface area contributed by atoms with Crippen LogP contribution >= 0.6 is 0 Å². The Labute approximate surface area is 127 Å². The van der Waals surface area contributed by atoms with Gasteiger partial charge in [0.1, 0.15) is 5.76 Å². The van der Waals surface area contributed by atoms with Crippen LogP contribution in [0.1, 0.15) is 27.4 Å². The third-order valence-corrected chi connectivity index (χ3v) is 3.55. The number of benzene rings is 1. The van der Waals surface area contributed by atoms with Crippen LogP contribution in [0.25, 0.3) is 11.3 Å². The first kappa shape index (κ1) is 14.1. The lowest BCUT2D eigenvalue weighted by Crippen LogP contribution is -2.23. The third-order valence-electron chi connectivity index (χ3n) is 3.55. The van der Waals surface area contributed by atoms with Gasteiger partial charge in [-0.1, -0.05) is 35.5 Å². The summed E-state index contributed by atoms with van der Waals surface area (Å²) in [6, 6.07) is 9.62. The fourth-order valence-electron chi connectivity index (χ4n) is 2.30. The van der Waals surface area contributed by atoms with Gasteiger partial charge in [0.2, 0.25) is 0 Å². The number of nitrogens with zero attached hydrogens (tertiary/aromatic N) is 2. The van der Waals surface area contributed by atoms with Crippen LogP contribution in [-0.4, -0.2) is 21.3 Å². The van der Waals surface area contributed by atoms with E-state index >= 15 is 0 Å². The minimum absolute atomic E-state index is 0.187. The normalized spacial score (nSPS) is 10.6. The molecule has 0 spiro atoms. The zero-order valence-electron chi connectivity index (χ0n) is 12.4. The molecule has 2 aromatic heterocycles. The zero-order valence-corrected chi connectivity index (χ0v) is 12.4. The minimum atomic E-state index is -0.187. The maximum Gasteiger partial charge on any atom is 0.255 e. The Kier molecular flexibility index (Phi) is 3.74. The van der Waals surface area contributed by atoms with Crippen molar-refractivity contribution in [3.8, 4) is 11.3 Å². The van der Waals surface area contributed by atoms with E-state index in [1.165, 1.54) is 6.20 Å². The molecule has 6 heteroatoms. The second kappa shape index (κ2) is 5.85. The molecule has 1 aromatic carbocycles. The van der Waals surface area contributed by atoms with E-state index in [9.17, 15) is 4.79 Å².